The molecule has 1 saturated carbocycles. The van der Waals surface area contributed by atoms with Gasteiger partial charge in [-0.1, -0.05) is 18.2 Å². The molecule has 0 bridgehead atoms. The van der Waals surface area contributed by atoms with Gasteiger partial charge in [-0.05, 0) is 25.0 Å². The number of hydrogen-bond donors (Lipinski definition) is 2. The minimum Gasteiger partial charge on any atom is -0.480 e. The van der Waals surface area contributed by atoms with E-state index in [2.05, 4.69) is 5.32 Å². The van der Waals surface area contributed by atoms with Crippen LogP contribution >= 0.6 is 11.8 Å². The predicted molar refractivity (Wildman–Crippen MR) is 64.9 cm³/mol. The number of amides is 1. The molecule has 2 N–H and O–H groups in total. The predicted octanol–water partition coefficient (Wildman–Crippen LogP) is 1.51. The van der Waals surface area contributed by atoms with Gasteiger partial charge in [0.05, 0.1) is 5.75 Å². The monoisotopic (exact) mass is 251 g/mol. The zero-order chi connectivity index (χ0) is 12.3. The van der Waals surface area contributed by atoms with Crippen molar-refractivity contribution in [2.75, 3.05) is 5.75 Å². The highest BCUT2D eigenvalue weighted by atomic mass is 32.2. The third-order valence-electron chi connectivity index (χ3n) is 2.65. The summed E-state index contributed by atoms with van der Waals surface area (Å²) in [6.07, 6.45) is 1.06. The van der Waals surface area contributed by atoms with Crippen LogP contribution in [0.4, 0.5) is 0 Å². The van der Waals surface area contributed by atoms with E-state index in [0.717, 1.165) is 4.90 Å². The van der Waals surface area contributed by atoms with Crippen LogP contribution in [-0.2, 0) is 9.59 Å². The topological polar surface area (TPSA) is 66.4 Å². The molecule has 1 aromatic rings. The van der Waals surface area contributed by atoms with Crippen molar-refractivity contribution in [3.8, 4) is 0 Å². The lowest BCUT2D eigenvalue weighted by molar-refractivity contribution is -0.142. The van der Waals surface area contributed by atoms with Crippen molar-refractivity contribution in [1.29, 1.82) is 0 Å². The number of carboxylic acids is 1. The zero-order valence-corrected chi connectivity index (χ0v) is 10.00. The summed E-state index contributed by atoms with van der Waals surface area (Å²) in [5, 5.41) is 11.5. The van der Waals surface area contributed by atoms with E-state index in [1.807, 2.05) is 30.3 Å². The van der Waals surface area contributed by atoms with Gasteiger partial charge in [-0.2, -0.15) is 0 Å². The van der Waals surface area contributed by atoms with Gasteiger partial charge in [-0.3, -0.25) is 4.79 Å². The van der Waals surface area contributed by atoms with Crippen LogP contribution in [0, 0.1) is 0 Å². The summed E-state index contributed by atoms with van der Waals surface area (Å²) in [7, 11) is 0. The normalized spacial score (nSPS) is 16.2. The Morgan fingerprint density at radius 3 is 2.47 bits per heavy atom. The summed E-state index contributed by atoms with van der Waals surface area (Å²) in [4.78, 5) is 23.5. The molecule has 5 heteroatoms. The Balaban J connectivity index is 1.81. The summed E-state index contributed by atoms with van der Waals surface area (Å²) < 4.78 is 0. The van der Waals surface area contributed by atoms with Crippen molar-refractivity contribution in [3.63, 3.8) is 0 Å². The van der Waals surface area contributed by atoms with Crippen LogP contribution in [0.25, 0.3) is 0 Å². The summed E-state index contributed by atoms with van der Waals surface area (Å²) >= 11 is 1.40. The Kier molecular flexibility index (Phi) is 3.38. The molecule has 1 aliphatic carbocycles. The number of nitrogens with one attached hydrogen (secondary N) is 1. The molecule has 1 aliphatic rings. The fourth-order valence-electron chi connectivity index (χ4n) is 1.49. The van der Waals surface area contributed by atoms with Gasteiger partial charge in [-0.25, -0.2) is 4.79 Å². The van der Waals surface area contributed by atoms with Crippen molar-refractivity contribution in [2.45, 2.75) is 23.3 Å². The molecule has 1 aromatic carbocycles. The average molecular weight is 251 g/mol. The van der Waals surface area contributed by atoms with E-state index in [9.17, 15) is 9.59 Å². The molecule has 0 spiro atoms. The van der Waals surface area contributed by atoms with Crippen LogP contribution in [0.3, 0.4) is 0 Å². The Hall–Kier alpha value is -1.49. The van der Waals surface area contributed by atoms with Crippen molar-refractivity contribution in [1.82, 2.24) is 5.32 Å². The number of rotatable bonds is 5. The lowest BCUT2D eigenvalue weighted by Crippen LogP contribution is -2.43. The fraction of sp³-hybridized carbons (Fsp3) is 0.333. The van der Waals surface area contributed by atoms with Crippen molar-refractivity contribution >= 4 is 23.6 Å². The van der Waals surface area contributed by atoms with Crippen LogP contribution in [-0.4, -0.2) is 28.3 Å². The third-order valence-corrected chi connectivity index (χ3v) is 3.66. The molecule has 90 valence electrons. The lowest BCUT2D eigenvalue weighted by atomic mass is 10.3. The first-order valence-corrected chi connectivity index (χ1v) is 6.33. The van der Waals surface area contributed by atoms with E-state index in [4.69, 9.17) is 5.11 Å². The first-order chi connectivity index (χ1) is 8.12. The molecule has 0 heterocycles. The highest BCUT2D eigenvalue weighted by Gasteiger charge is 2.51. The number of aliphatic carboxylic acids is 1. The molecule has 1 fully saturated rings. The van der Waals surface area contributed by atoms with E-state index in [1.54, 1.807) is 0 Å². The van der Waals surface area contributed by atoms with Gasteiger partial charge < -0.3 is 10.4 Å². The largest absolute Gasteiger partial charge is 0.480 e. The molecule has 0 aliphatic heterocycles. The Morgan fingerprint density at radius 2 is 1.94 bits per heavy atom. The molecule has 2 rings (SSSR count). The van der Waals surface area contributed by atoms with Gasteiger partial charge in [0.1, 0.15) is 5.54 Å². The highest BCUT2D eigenvalue weighted by molar-refractivity contribution is 8.00. The Labute approximate surface area is 103 Å². The molecule has 17 heavy (non-hydrogen) atoms. The molecule has 4 nitrogen and oxygen atoms in total. The van der Waals surface area contributed by atoms with Gasteiger partial charge in [0, 0.05) is 4.90 Å². The maximum Gasteiger partial charge on any atom is 0.329 e. The SMILES string of the molecule is O=C(CSc1ccccc1)NC1(C(=O)O)CC1. The van der Waals surface area contributed by atoms with Crippen molar-refractivity contribution < 1.29 is 14.7 Å². The van der Waals surface area contributed by atoms with E-state index in [-0.39, 0.29) is 11.7 Å². The number of carboxylic acid groups (broad SMARTS) is 1. The summed E-state index contributed by atoms with van der Waals surface area (Å²) in [5.74, 6) is -0.909. The summed E-state index contributed by atoms with van der Waals surface area (Å²) in [6, 6.07) is 9.55. The number of thioether (sulfide) groups is 1. The first-order valence-electron chi connectivity index (χ1n) is 5.35. The van der Waals surface area contributed by atoms with E-state index >= 15 is 0 Å². The number of hydrogen-bond acceptors (Lipinski definition) is 3. The Morgan fingerprint density at radius 1 is 1.29 bits per heavy atom. The second kappa shape index (κ2) is 4.79. The molecule has 0 atom stereocenters. The molecule has 0 radical (unpaired) electrons. The lowest BCUT2D eigenvalue weighted by Gasteiger charge is -2.11. The fourth-order valence-corrected chi connectivity index (χ4v) is 2.21. The van der Waals surface area contributed by atoms with Crippen LogP contribution in [0.1, 0.15) is 12.8 Å². The maximum absolute atomic E-state index is 11.6. The van der Waals surface area contributed by atoms with Gasteiger partial charge in [0.2, 0.25) is 5.91 Å². The van der Waals surface area contributed by atoms with E-state index in [1.165, 1.54) is 11.8 Å². The van der Waals surface area contributed by atoms with Crippen molar-refractivity contribution in [2.24, 2.45) is 0 Å². The molecule has 1 amide bonds. The number of carbonyl (C=O) groups is 2. The number of carbonyl (C=O) groups excluding carboxylic acids is 1. The quantitative estimate of drug-likeness (QED) is 0.778. The minimum absolute atomic E-state index is 0.223. The molecule has 0 unspecified atom stereocenters. The van der Waals surface area contributed by atoms with Crippen LogP contribution in [0.2, 0.25) is 0 Å². The van der Waals surface area contributed by atoms with Crippen LogP contribution in [0.5, 0.6) is 0 Å². The second-order valence-electron chi connectivity index (χ2n) is 4.04. The first kappa shape index (κ1) is 12.0. The molecular formula is C12H13NO3S. The van der Waals surface area contributed by atoms with Gasteiger partial charge in [0.25, 0.3) is 0 Å². The van der Waals surface area contributed by atoms with Crippen LogP contribution in [0.15, 0.2) is 35.2 Å². The summed E-state index contributed by atoms with van der Waals surface area (Å²) in [5.41, 5.74) is -0.978. The number of benzene rings is 1. The van der Waals surface area contributed by atoms with Gasteiger partial charge in [-0.15, -0.1) is 11.8 Å². The molecule has 0 saturated heterocycles. The summed E-state index contributed by atoms with van der Waals surface area (Å²) in [6.45, 7) is 0. The van der Waals surface area contributed by atoms with E-state index in [0.29, 0.717) is 12.8 Å². The van der Waals surface area contributed by atoms with Crippen LogP contribution < -0.4 is 5.32 Å². The van der Waals surface area contributed by atoms with E-state index < -0.39 is 11.5 Å². The average Bonchev–Trinajstić information content (AvgIpc) is 3.09. The highest BCUT2D eigenvalue weighted by Crippen LogP contribution is 2.35. The van der Waals surface area contributed by atoms with Gasteiger partial charge >= 0.3 is 5.97 Å². The Bertz CT molecular complexity index is 429. The standard InChI is InChI=1S/C12H13NO3S/c14-10(13-12(6-7-12)11(15)16)8-17-9-4-2-1-3-5-9/h1-5H,6-8H2,(H,13,14)(H,15,16). The second-order valence-corrected chi connectivity index (χ2v) is 5.09. The molecule has 0 aromatic heterocycles. The third kappa shape index (κ3) is 3.00. The van der Waals surface area contributed by atoms with Crippen molar-refractivity contribution in [3.05, 3.63) is 30.3 Å². The van der Waals surface area contributed by atoms with Gasteiger partial charge in [0.15, 0.2) is 0 Å². The smallest absolute Gasteiger partial charge is 0.329 e. The maximum atomic E-state index is 11.6. The molecular weight excluding hydrogens is 238 g/mol. The minimum atomic E-state index is -0.978. The zero-order valence-electron chi connectivity index (χ0n) is 9.18.